The predicted molar refractivity (Wildman–Crippen MR) is 107 cm³/mol. The van der Waals surface area contributed by atoms with Gasteiger partial charge in [-0.2, -0.15) is 5.10 Å². The number of halogens is 2. The van der Waals surface area contributed by atoms with Crippen molar-refractivity contribution in [3.8, 4) is 0 Å². The van der Waals surface area contributed by atoms with Crippen molar-refractivity contribution < 1.29 is 9.59 Å². The quantitative estimate of drug-likeness (QED) is 0.587. The molecule has 2 atom stereocenters. The number of nitrogens with two attached hydrogens (primary N) is 1. The van der Waals surface area contributed by atoms with E-state index < -0.39 is 0 Å². The van der Waals surface area contributed by atoms with E-state index in [9.17, 15) is 9.59 Å². The first-order chi connectivity index (χ1) is 11.5. The Bertz CT molecular complexity index is 567. The maximum absolute atomic E-state index is 12.3. The van der Waals surface area contributed by atoms with Crippen LogP contribution in [0.3, 0.4) is 0 Å². The molecule has 1 saturated carbocycles. The first-order valence-electron chi connectivity index (χ1n) is 8.44. The summed E-state index contributed by atoms with van der Waals surface area (Å²) in [4.78, 5) is 26.2. The van der Waals surface area contributed by atoms with Crippen molar-refractivity contribution in [3.05, 3.63) is 12.4 Å². The molecular weight excluding hydrogens is 379 g/mol. The van der Waals surface area contributed by atoms with Crippen LogP contribution in [0.5, 0.6) is 0 Å². The summed E-state index contributed by atoms with van der Waals surface area (Å²) in [5.74, 6) is 0.143. The van der Waals surface area contributed by atoms with Crippen molar-refractivity contribution in [3.63, 3.8) is 0 Å². The number of hydrogen-bond acceptors (Lipinski definition) is 5. The zero-order valence-corrected chi connectivity index (χ0v) is 16.9. The molecule has 0 saturated heterocycles. The molecule has 0 bridgehead atoms. The number of nitrogens with zero attached hydrogens (tertiary/aromatic N) is 3. The summed E-state index contributed by atoms with van der Waals surface area (Å²) < 4.78 is 1.52. The Morgan fingerprint density at radius 2 is 2.08 bits per heavy atom. The van der Waals surface area contributed by atoms with Crippen LogP contribution in [0.2, 0.25) is 0 Å². The van der Waals surface area contributed by atoms with E-state index in [-0.39, 0.29) is 55.0 Å². The average molecular weight is 409 g/mol. The first-order valence-corrected chi connectivity index (χ1v) is 8.44. The van der Waals surface area contributed by atoms with Crippen molar-refractivity contribution in [1.29, 1.82) is 0 Å². The third kappa shape index (κ3) is 7.49. The highest BCUT2D eigenvalue weighted by molar-refractivity contribution is 5.92. The van der Waals surface area contributed by atoms with E-state index in [2.05, 4.69) is 15.7 Å². The lowest BCUT2D eigenvalue weighted by Gasteiger charge is -2.16. The molecule has 0 aliphatic heterocycles. The van der Waals surface area contributed by atoms with Gasteiger partial charge in [0.25, 0.3) is 0 Å². The van der Waals surface area contributed by atoms with E-state index in [4.69, 9.17) is 5.73 Å². The molecule has 0 spiro atoms. The predicted octanol–water partition coefficient (Wildman–Crippen LogP) is 0.718. The molecule has 2 rings (SSSR count). The summed E-state index contributed by atoms with van der Waals surface area (Å²) in [5, 5.41) is 9.84. The fourth-order valence-electron chi connectivity index (χ4n) is 3.04. The topological polar surface area (TPSA) is 105 Å². The molecular formula is C16H30Cl2N6O2. The van der Waals surface area contributed by atoms with Crippen molar-refractivity contribution in [2.45, 2.75) is 25.8 Å². The summed E-state index contributed by atoms with van der Waals surface area (Å²) in [6.07, 6.45) is 6.19. The summed E-state index contributed by atoms with van der Waals surface area (Å²) >= 11 is 0. The number of carbonyl (C=O) groups is 2. The normalized spacial score (nSPS) is 18.8. The fourth-order valence-corrected chi connectivity index (χ4v) is 3.04. The van der Waals surface area contributed by atoms with Crippen LogP contribution in [0.1, 0.15) is 19.3 Å². The minimum Gasteiger partial charge on any atom is -0.353 e. The highest BCUT2D eigenvalue weighted by Crippen LogP contribution is 2.31. The van der Waals surface area contributed by atoms with Gasteiger partial charge in [0.05, 0.1) is 11.9 Å². The van der Waals surface area contributed by atoms with Crippen LogP contribution in [-0.2, 0) is 16.1 Å². The van der Waals surface area contributed by atoms with E-state index >= 15 is 0 Å². The molecule has 1 aromatic heterocycles. The minimum atomic E-state index is -0.100. The molecule has 150 valence electrons. The number of carbonyl (C=O) groups excluding carboxylic acids is 2. The Labute approximate surface area is 167 Å². The highest BCUT2D eigenvalue weighted by Gasteiger charge is 2.32. The molecule has 8 nitrogen and oxygen atoms in total. The Balaban J connectivity index is 0.00000312. The Morgan fingerprint density at radius 1 is 1.35 bits per heavy atom. The van der Waals surface area contributed by atoms with E-state index in [1.54, 1.807) is 12.4 Å². The second-order valence-corrected chi connectivity index (χ2v) is 6.60. The van der Waals surface area contributed by atoms with Crippen molar-refractivity contribution in [2.75, 3.05) is 39.0 Å². The van der Waals surface area contributed by atoms with Crippen LogP contribution in [0.4, 0.5) is 5.69 Å². The number of nitrogens with one attached hydrogen (secondary N) is 2. The maximum Gasteiger partial charge on any atom is 0.241 e. The lowest BCUT2D eigenvalue weighted by Crippen LogP contribution is -2.33. The standard InChI is InChI=1S/C16H28N6O2.2ClH/c1-21(2)7-6-18-15(23)11-22-10-13(9-19-22)20-16(24)14-5-3-4-12(14)8-17;;/h9-10,12,14H,3-8,11,17H2,1-2H3,(H,18,23)(H,20,24);2*1H/t12-,14-;;/m1../s1. The number of anilines is 1. The van der Waals surface area contributed by atoms with E-state index in [0.29, 0.717) is 18.8 Å². The van der Waals surface area contributed by atoms with Crippen LogP contribution in [-0.4, -0.2) is 60.2 Å². The maximum atomic E-state index is 12.3. The van der Waals surface area contributed by atoms with Gasteiger partial charge in [-0.1, -0.05) is 6.42 Å². The van der Waals surface area contributed by atoms with Gasteiger partial charge in [-0.05, 0) is 39.4 Å². The summed E-state index contributed by atoms with van der Waals surface area (Å²) in [7, 11) is 3.91. The number of rotatable bonds is 8. The van der Waals surface area contributed by atoms with Crippen molar-refractivity contribution in [1.82, 2.24) is 20.0 Å². The number of aromatic nitrogens is 2. The highest BCUT2D eigenvalue weighted by atomic mass is 35.5. The number of hydrogen-bond donors (Lipinski definition) is 3. The first kappa shape index (κ1) is 24.7. The Kier molecular flexibility index (Phi) is 11.5. The van der Waals surface area contributed by atoms with Crippen LogP contribution in [0, 0.1) is 11.8 Å². The van der Waals surface area contributed by atoms with Crippen molar-refractivity contribution in [2.24, 2.45) is 17.6 Å². The van der Waals surface area contributed by atoms with Crippen molar-refractivity contribution >= 4 is 42.3 Å². The summed E-state index contributed by atoms with van der Waals surface area (Å²) in [6.45, 7) is 2.07. The minimum absolute atomic E-state index is 0. The summed E-state index contributed by atoms with van der Waals surface area (Å²) in [5.41, 5.74) is 6.34. The molecule has 1 aromatic rings. The zero-order valence-electron chi connectivity index (χ0n) is 15.3. The van der Waals surface area contributed by atoms with Crippen LogP contribution in [0.25, 0.3) is 0 Å². The summed E-state index contributed by atoms with van der Waals surface area (Å²) in [6, 6.07) is 0. The SMILES string of the molecule is CN(C)CCNC(=O)Cn1cc(NC(=O)[C@@H]2CCC[C@@H]2CN)cn1.Cl.Cl. The van der Waals surface area contributed by atoms with Crippen LogP contribution < -0.4 is 16.4 Å². The molecule has 1 fully saturated rings. The third-order valence-corrected chi connectivity index (χ3v) is 4.39. The second-order valence-electron chi connectivity index (χ2n) is 6.60. The Hall–Kier alpha value is -1.35. The van der Waals surface area contributed by atoms with E-state index in [1.807, 2.05) is 19.0 Å². The molecule has 1 aliphatic carbocycles. The lowest BCUT2D eigenvalue weighted by atomic mass is 9.95. The zero-order chi connectivity index (χ0) is 17.5. The average Bonchev–Trinajstić information content (AvgIpc) is 3.15. The third-order valence-electron chi connectivity index (χ3n) is 4.39. The van der Waals surface area contributed by atoms with Gasteiger partial charge in [-0.3, -0.25) is 14.3 Å². The van der Waals surface area contributed by atoms with Crippen LogP contribution >= 0.6 is 24.8 Å². The molecule has 0 radical (unpaired) electrons. The lowest BCUT2D eigenvalue weighted by molar-refractivity contribution is -0.122. The van der Waals surface area contributed by atoms with Gasteiger partial charge in [-0.25, -0.2) is 0 Å². The van der Waals surface area contributed by atoms with Gasteiger partial charge in [0.1, 0.15) is 6.54 Å². The van der Waals surface area contributed by atoms with Gasteiger partial charge >= 0.3 is 0 Å². The van der Waals surface area contributed by atoms with E-state index in [0.717, 1.165) is 25.8 Å². The second kappa shape index (κ2) is 12.1. The van der Waals surface area contributed by atoms with Gasteiger partial charge in [-0.15, -0.1) is 24.8 Å². The van der Waals surface area contributed by atoms with Gasteiger partial charge < -0.3 is 21.3 Å². The monoisotopic (exact) mass is 408 g/mol. The van der Waals surface area contributed by atoms with Gasteiger partial charge in [0.15, 0.2) is 0 Å². The molecule has 10 heteroatoms. The van der Waals surface area contributed by atoms with Gasteiger partial charge in [0, 0.05) is 25.2 Å². The van der Waals surface area contributed by atoms with Gasteiger partial charge in [0.2, 0.25) is 11.8 Å². The molecule has 0 unspecified atom stereocenters. The molecule has 0 aromatic carbocycles. The Morgan fingerprint density at radius 3 is 2.73 bits per heavy atom. The molecule has 1 heterocycles. The number of amides is 2. The molecule has 2 amide bonds. The fraction of sp³-hybridized carbons (Fsp3) is 0.688. The van der Waals surface area contributed by atoms with Crippen LogP contribution in [0.15, 0.2) is 12.4 Å². The van der Waals surface area contributed by atoms with E-state index in [1.165, 1.54) is 4.68 Å². The molecule has 1 aliphatic rings. The molecule has 4 N–H and O–H groups in total. The number of likely N-dealkylation sites (N-methyl/N-ethyl adjacent to an activating group) is 1. The molecule has 26 heavy (non-hydrogen) atoms. The largest absolute Gasteiger partial charge is 0.353 e. The smallest absolute Gasteiger partial charge is 0.241 e.